The van der Waals surface area contributed by atoms with E-state index in [0.29, 0.717) is 17.9 Å². The predicted octanol–water partition coefficient (Wildman–Crippen LogP) is 2.74. The van der Waals surface area contributed by atoms with E-state index >= 15 is 0 Å². The fourth-order valence-electron chi connectivity index (χ4n) is 3.05. The molecule has 1 aromatic rings. The van der Waals surface area contributed by atoms with Crippen molar-refractivity contribution >= 4 is 45.6 Å². The van der Waals surface area contributed by atoms with Crippen LogP contribution in [0.2, 0.25) is 0 Å². The molecule has 3 atom stereocenters. The summed E-state index contributed by atoms with van der Waals surface area (Å²) in [5.41, 5.74) is 6.08. The Bertz CT molecular complexity index is 453. The van der Waals surface area contributed by atoms with Crippen molar-refractivity contribution in [2.24, 2.45) is 17.6 Å². The van der Waals surface area contributed by atoms with Crippen LogP contribution >= 0.6 is 39.7 Å². The van der Waals surface area contributed by atoms with E-state index < -0.39 is 0 Å². The third-order valence-corrected chi connectivity index (χ3v) is 5.66. The predicted molar refractivity (Wildman–Crippen MR) is 79.4 cm³/mol. The number of hydrogen-bond donors (Lipinski definition) is 1. The summed E-state index contributed by atoms with van der Waals surface area (Å²) in [6.45, 7) is 1.74. The van der Waals surface area contributed by atoms with Gasteiger partial charge in [0.2, 0.25) is 0 Å². The van der Waals surface area contributed by atoms with E-state index in [1.807, 2.05) is 16.3 Å². The molecule has 1 aliphatic carbocycles. The molecule has 1 saturated carbocycles. The highest BCUT2D eigenvalue weighted by Gasteiger charge is 2.42. The van der Waals surface area contributed by atoms with Crippen LogP contribution < -0.4 is 5.73 Å². The average Bonchev–Trinajstić information content (AvgIpc) is 2.96. The lowest BCUT2D eigenvalue weighted by Gasteiger charge is -2.17. The quantitative estimate of drug-likeness (QED) is 0.845. The van der Waals surface area contributed by atoms with Crippen molar-refractivity contribution in [1.29, 1.82) is 0 Å². The summed E-state index contributed by atoms with van der Waals surface area (Å²) in [4.78, 5) is 15.1. The minimum Gasteiger partial charge on any atom is -0.337 e. The first-order chi connectivity index (χ1) is 8.15. The van der Waals surface area contributed by atoms with Crippen LogP contribution in [-0.4, -0.2) is 29.9 Å². The maximum absolute atomic E-state index is 12.3. The summed E-state index contributed by atoms with van der Waals surface area (Å²) in [5, 5.41) is 1.95. The van der Waals surface area contributed by atoms with Crippen molar-refractivity contribution in [1.82, 2.24) is 4.90 Å². The van der Waals surface area contributed by atoms with E-state index in [4.69, 9.17) is 5.73 Å². The zero-order valence-electron chi connectivity index (χ0n) is 9.84. The van der Waals surface area contributed by atoms with Crippen molar-refractivity contribution in [3.63, 3.8) is 0 Å². The van der Waals surface area contributed by atoms with Crippen molar-refractivity contribution in [2.45, 2.75) is 18.9 Å². The normalized spacial score (nSPS) is 30.1. The Morgan fingerprint density at radius 2 is 2.22 bits per heavy atom. The standard InChI is InChI=1S/C12H15BrN2OS.ClH/c13-8-3-11(17-6-8)12(16)15-4-7-1-2-10(14)9(7)5-15;/h3,6-7,9-10H,1-2,4-5,14H2;1H. The minimum absolute atomic E-state index is 0. The zero-order valence-corrected chi connectivity index (χ0v) is 13.1. The molecule has 0 radical (unpaired) electrons. The fourth-order valence-corrected chi connectivity index (χ4v) is 4.45. The SMILES string of the molecule is Cl.NC1CCC2CN(C(=O)c3cc(Br)cs3)CC12. The highest BCUT2D eigenvalue weighted by Crippen LogP contribution is 2.38. The van der Waals surface area contributed by atoms with Gasteiger partial charge in [0.05, 0.1) is 4.88 Å². The van der Waals surface area contributed by atoms with Crippen LogP contribution in [0, 0.1) is 11.8 Å². The van der Waals surface area contributed by atoms with E-state index in [0.717, 1.165) is 28.9 Å². The number of thiophene rings is 1. The van der Waals surface area contributed by atoms with E-state index in [1.54, 1.807) is 0 Å². The molecule has 1 aliphatic heterocycles. The Balaban J connectivity index is 0.00000120. The van der Waals surface area contributed by atoms with Crippen LogP contribution in [-0.2, 0) is 0 Å². The number of fused-ring (bicyclic) bond motifs is 1. The molecule has 0 aromatic carbocycles. The minimum atomic E-state index is 0. The molecule has 1 aromatic heterocycles. The second-order valence-electron chi connectivity index (χ2n) is 5.00. The second kappa shape index (κ2) is 5.49. The lowest BCUT2D eigenvalue weighted by Crippen LogP contribution is -2.33. The Labute approximate surface area is 125 Å². The first-order valence-electron chi connectivity index (χ1n) is 5.94. The van der Waals surface area contributed by atoms with E-state index in [1.165, 1.54) is 17.8 Å². The third-order valence-electron chi connectivity index (χ3n) is 3.98. The molecular formula is C12H16BrClN2OS. The van der Waals surface area contributed by atoms with Gasteiger partial charge in [-0.25, -0.2) is 0 Å². The van der Waals surface area contributed by atoms with Crippen LogP contribution in [0.5, 0.6) is 0 Å². The van der Waals surface area contributed by atoms with Gasteiger partial charge in [-0.2, -0.15) is 0 Å². The molecule has 0 bridgehead atoms. The van der Waals surface area contributed by atoms with Gasteiger partial charge in [-0.15, -0.1) is 23.7 Å². The molecule has 6 heteroatoms. The van der Waals surface area contributed by atoms with Crippen molar-refractivity contribution in [3.05, 3.63) is 20.8 Å². The van der Waals surface area contributed by atoms with E-state index in [-0.39, 0.29) is 18.3 Å². The van der Waals surface area contributed by atoms with Crippen LogP contribution in [0.3, 0.4) is 0 Å². The topological polar surface area (TPSA) is 46.3 Å². The molecule has 1 saturated heterocycles. The maximum atomic E-state index is 12.3. The summed E-state index contributed by atoms with van der Waals surface area (Å²) in [5.74, 6) is 1.34. The smallest absolute Gasteiger partial charge is 0.263 e. The Kier molecular flexibility index (Phi) is 4.36. The molecule has 3 unspecified atom stereocenters. The van der Waals surface area contributed by atoms with Crippen molar-refractivity contribution < 1.29 is 4.79 Å². The van der Waals surface area contributed by atoms with Crippen molar-refractivity contribution in [3.8, 4) is 0 Å². The van der Waals surface area contributed by atoms with Gasteiger partial charge < -0.3 is 10.6 Å². The van der Waals surface area contributed by atoms with Crippen LogP contribution in [0.4, 0.5) is 0 Å². The summed E-state index contributed by atoms with van der Waals surface area (Å²) < 4.78 is 0.988. The highest BCUT2D eigenvalue weighted by atomic mass is 79.9. The molecule has 2 fully saturated rings. The number of carbonyl (C=O) groups is 1. The zero-order chi connectivity index (χ0) is 12.0. The third kappa shape index (κ3) is 2.46. The number of halogens is 2. The van der Waals surface area contributed by atoms with Gasteiger partial charge >= 0.3 is 0 Å². The number of rotatable bonds is 1. The van der Waals surface area contributed by atoms with Gasteiger partial charge in [0, 0.05) is 29.0 Å². The van der Waals surface area contributed by atoms with Gasteiger partial charge in [0.15, 0.2) is 0 Å². The molecule has 0 spiro atoms. The van der Waals surface area contributed by atoms with Gasteiger partial charge in [0.1, 0.15) is 0 Å². The van der Waals surface area contributed by atoms with Gasteiger partial charge in [-0.1, -0.05) is 0 Å². The number of hydrogen-bond acceptors (Lipinski definition) is 3. The van der Waals surface area contributed by atoms with Crippen LogP contribution in [0.15, 0.2) is 15.9 Å². The highest BCUT2D eigenvalue weighted by molar-refractivity contribution is 9.10. The van der Waals surface area contributed by atoms with E-state index in [9.17, 15) is 4.79 Å². The Morgan fingerprint density at radius 3 is 2.83 bits per heavy atom. The molecule has 3 nitrogen and oxygen atoms in total. The van der Waals surface area contributed by atoms with Gasteiger partial charge in [0.25, 0.3) is 5.91 Å². The Hall–Kier alpha value is -0.100. The molecule has 2 heterocycles. The lowest BCUT2D eigenvalue weighted by molar-refractivity contribution is 0.0784. The molecule has 18 heavy (non-hydrogen) atoms. The first kappa shape index (κ1) is 14.3. The lowest BCUT2D eigenvalue weighted by atomic mass is 9.98. The summed E-state index contributed by atoms with van der Waals surface area (Å²) >= 11 is 4.89. The maximum Gasteiger partial charge on any atom is 0.263 e. The number of likely N-dealkylation sites (tertiary alicyclic amines) is 1. The molecule has 2 aliphatic rings. The molecule has 1 amide bonds. The molecular weight excluding hydrogens is 336 g/mol. The molecule has 3 rings (SSSR count). The number of carbonyl (C=O) groups excluding carboxylic acids is 1. The fraction of sp³-hybridized carbons (Fsp3) is 0.583. The Morgan fingerprint density at radius 1 is 1.44 bits per heavy atom. The van der Waals surface area contributed by atoms with E-state index in [2.05, 4.69) is 15.9 Å². The van der Waals surface area contributed by atoms with Gasteiger partial charge in [-0.3, -0.25) is 4.79 Å². The average molecular weight is 352 g/mol. The second-order valence-corrected chi connectivity index (χ2v) is 6.83. The van der Waals surface area contributed by atoms with Crippen LogP contribution in [0.1, 0.15) is 22.5 Å². The first-order valence-corrected chi connectivity index (χ1v) is 7.61. The number of nitrogens with two attached hydrogens (primary N) is 1. The number of amides is 1. The summed E-state index contributed by atoms with van der Waals surface area (Å²) in [7, 11) is 0. The summed E-state index contributed by atoms with van der Waals surface area (Å²) in [6.07, 6.45) is 2.31. The molecule has 100 valence electrons. The number of nitrogens with zero attached hydrogens (tertiary/aromatic N) is 1. The monoisotopic (exact) mass is 350 g/mol. The molecule has 2 N–H and O–H groups in total. The van der Waals surface area contributed by atoms with Crippen molar-refractivity contribution in [2.75, 3.05) is 13.1 Å². The summed E-state index contributed by atoms with van der Waals surface area (Å²) in [6, 6.07) is 2.20. The van der Waals surface area contributed by atoms with Crippen LogP contribution in [0.25, 0.3) is 0 Å². The largest absolute Gasteiger partial charge is 0.337 e. The van der Waals surface area contributed by atoms with Gasteiger partial charge in [-0.05, 0) is 46.7 Å².